The number of hydrogen-bond acceptors (Lipinski definition) is 3. The van der Waals surface area contributed by atoms with Gasteiger partial charge in [-0.05, 0) is 5.56 Å². The molecular weight excluding hydrogens is 228 g/mol. The van der Waals surface area contributed by atoms with E-state index in [0.29, 0.717) is 16.5 Å². The molecule has 80 valence electrons. The summed E-state index contributed by atoms with van der Waals surface area (Å²) in [5.41, 5.74) is 12.5. The van der Waals surface area contributed by atoms with E-state index < -0.39 is 0 Å². The van der Waals surface area contributed by atoms with Crippen LogP contribution in [0.5, 0.6) is 0 Å². The number of thiocarbonyl (C=S) groups is 1. The first-order valence-electron chi connectivity index (χ1n) is 4.35. The molecular formula is C10H12N2OS2. The molecule has 1 aromatic carbocycles. The van der Waals surface area contributed by atoms with Crippen LogP contribution in [0, 0.1) is 0 Å². The Morgan fingerprint density at radius 2 is 2.00 bits per heavy atom. The third-order valence-electron chi connectivity index (χ3n) is 1.78. The summed E-state index contributed by atoms with van der Waals surface area (Å²) in [7, 11) is 0. The van der Waals surface area contributed by atoms with E-state index in [0.717, 1.165) is 11.1 Å². The second kappa shape index (κ2) is 5.72. The van der Waals surface area contributed by atoms with E-state index in [9.17, 15) is 4.79 Å². The lowest BCUT2D eigenvalue weighted by molar-refractivity contribution is -0.115. The van der Waals surface area contributed by atoms with Crippen molar-refractivity contribution in [1.82, 2.24) is 0 Å². The Labute approximate surface area is 98.2 Å². The van der Waals surface area contributed by atoms with Crippen molar-refractivity contribution in [2.45, 2.75) is 5.75 Å². The molecule has 0 atom stereocenters. The molecule has 1 amide bonds. The van der Waals surface area contributed by atoms with Gasteiger partial charge in [-0.25, -0.2) is 0 Å². The second-order valence-electron chi connectivity index (χ2n) is 2.98. The van der Waals surface area contributed by atoms with Gasteiger partial charge in [-0.3, -0.25) is 4.79 Å². The van der Waals surface area contributed by atoms with Crippen molar-refractivity contribution < 1.29 is 4.79 Å². The van der Waals surface area contributed by atoms with Gasteiger partial charge in [-0.15, -0.1) is 11.8 Å². The summed E-state index contributed by atoms with van der Waals surface area (Å²) in [6, 6.07) is 7.63. The Hall–Kier alpha value is -1.07. The maximum atomic E-state index is 10.6. The maximum absolute atomic E-state index is 10.6. The molecule has 0 aliphatic rings. The third kappa shape index (κ3) is 3.89. The van der Waals surface area contributed by atoms with E-state index in [-0.39, 0.29) is 5.91 Å². The summed E-state index contributed by atoms with van der Waals surface area (Å²) in [6.07, 6.45) is 0. The molecule has 15 heavy (non-hydrogen) atoms. The van der Waals surface area contributed by atoms with E-state index in [4.69, 9.17) is 23.7 Å². The van der Waals surface area contributed by atoms with Gasteiger partial charge in [0.15, 0.2) is 0 Å². The number of carbonyl (C=O) groups is 1. The minimum atomic E-state index is -0.312. The SMILES string of the molecule is NC(=O)CSCc1ccccc1C(N)=S. The van der Waals surface area contributed by atoms with Crippen LogP contribution in [0.15, 0.2) is 24.3 Å². The number of carbonyl (C=O) groups excluding carboxylic acids is 1. The summed E-state index contributed by atoms with van der Waals surface area (Å²) < 4.78 is 0. The first kappa shape index (κ1) is 12.0. The van der Waals surface area contributed by atoms with Crippen molar-refractivity contribution in [3.05, 3.63) is 35.4 Å². The van der Waals surface area contributed by atoms with Gasteiger partial charge in [-0.1, -0.05) is 36.5 Å². The average molecular weight is 240 g/mol. The van der Waals surface area contributed by atoms with Gasteiger partial charge < -0.3 is 11.5 Å². The Morgan fingerprint density at radius 1 is 1.33 bits per heavy atom. The molecule has 0 saturated carbocycles. The lowest BCUT2D eigenvalue weighted by Crippen LogP contribution is -2.14. The third-order valence-corrected chi connectivity index (χ3v) is 3.01. The molecule has 0 spiro atoms. The first-order chi connectivity index (χ1) is 7.11. The predicted molar refractivity (Wildman–Crippen MR) is 67.7 cm³/mol. The topological polar surface area (TPSA) is 69.1 Å². The summed E-state index contributed by atoms with van der Waals surface area (Å²) in [5.74, 6) is 0.690. The van der Waals surface area contributed by atoms with Crippen molar-refractivity contribution in [2.24, 2.45) is 11.5 Å². The van der Waals surface area contributed by atoms with Crippen LogP contribution in [0.1, 0.15) is 11.1 Å². The van der Waals surface area contributed by atoms with Crippen LogP contribution in [0.25, 0.3) is 0 Å². The molecule has 5 heteroatoms. The molecule has 0 bridgehead atoms. The number of thioether (sulfide) groups is 1. The molecule has 0 aliphatic heterocycles. The molecule has 0 saturated heterocycles. The predicted octanol–water partition coefficient (Wildman–Crippen LogP) is 1.04. The van der Waals surface area contributed by atoms with E-state index in [2.05, 4.69) is 0 Å². The normalized spacial score (nSPS) is 9.87. The lowest BCUT2D eigenvalue weighted by atomic mass is 10.1. The standard InChI is InChI=1S/C10H12N2OS2/c11-9(13)6-15-5-7-3-1-2-4-8(7)10(12)14/h1-4H,5-6H2,(H2,11,13)(H2,12,14). The second-order valence-corrected chi connectivity index (χ2v) is 4.41. The highest BCUT2D eigenvalue weighted by molar-refractivity contribution is 7.99. The van der Waals surface area contributed by atoms with E-state index in [1.165, 1.54) is 11.8 Å². The van der Waals surface area contributed by atoms with Gasteiger partial charge >= 0.3 is 0 Å². The molecule has 0 aliphatic carbocycles. The molecule has 4 N–H and O–H groups in total. The van der Waals surface area contributed by atoms with E-state index in [1.54, 1.807) is 0 Å². The molecule has 0 unspecified atom stereocenters. The van der Waals surface area contributed by atoms with E-state index in [1.807, 2.05) is 24.3 Å². The average Bonchev–Trinajstić information content (AvgIpc) is 2.17. The summed E-state index contributed by atoms with van der Waals surface area (Å²) in [6.45, 7) is 0. The van der Waals surface area contributed by atoms with Crippen LogP contribution >= 0.6 is 24.0 Å². The van der Waals surface area contributed by atoms with Gasteiger partial charge in [0.1, 0.15) is 4.99 Å². The van der Waals surface area contributed by atoms with Crippen molar-refractivity contribution in [1.29, 1.82) is 0 Å². The Bertz CT molecular complexity index is 379. The number of rotatable bonds is 5. The van der Waals surface area contributed by atoms with Gasteiger partial charge in [0, 0.05) is 11.3 Å². The molecule has 0 aromatic heterocycles. The molecule has 0 fully saturated rings. The summed E-state index contributed by atoms with van der Waals surface area (Å²) >= 11 is 6.38. The molecule has 0 heterocycles. The fourth-order valence-electron chi connectivity index (χ4n) is 1.15. The summed E-state index contributed by atoms with van der Waals surface area (Å²) in [4.78, 5) is 10.9. The van der Waals surface area contributed by atoms with Crippen LogP contribution in [0.4, 0.5) is 0 Å². The van der Waals surface area contributed by atoms with Gasteiger partial charge in [0.2, 0.25) is 5.91 Å². The number of primary amides is 1. The largest absolute Gasteiger partial charge is 0.389 e. The monoisotopic (exact) mass is 240 g/mol. The molecule has 0 radical (unpaired) electrons. The molecule has 3 nitrogen and oxygen atoms in total. The van der Waals surface area contributed by atoms with Gasteiger partial charge in [0.05, 0.1) is 5.75 Å². The zero-order chi connectivity index (χ0) is 11.3. The zero-order valence-electron chi connectivity index (χ0n) is 8.10. The maximum Gasteiger partial charge on any atom is 0.227 e. The Kier molecular flexibility index (Phi) is 4.58. The Balaban J connectivity index is 2.67. The van der Waals surface area contributed by atoms with Crippen molar-refractivity contribution >= 4 is 34.9 Å². The minimum Gasteiger partial charge on any atom is -0.389 e. The lowest BCUT2D eigenvalue weighted by Gasteiger charge is -2.06. The number of benzene rings is 1. The molecule has 1 rings (SSSR count). The van der Waals surface area contributed by atoms with Crippen molar-refractivity contribution in [3.63, 3.8) is 0 Å². The van der Waals surface area contributed by atoms with Crippen molar-refractivity contribution in [3.8, 4) is 0 Å². The van der Waals surface area contributed by atoms with Crippen LogP contribution in [0.2, 0.25) is 0 Å². The number of nitrogens with two attached hydrogens (primary N) is 2. The minimum absolute atomic E-state index is 0.311. The number of amides is 1. The van der Waals surface area contributed by atoms with Crippen LogP contribution in [-0.2, 0) is 10.5 Å². The van der Waals surface area contributed by atoms with Crippen LogP contribution < -0.4 is 11.5 Å². The van der Waals surface area contributed by atoms with Gasteiger partial charge in [0.25, 0.3) is 0 Å². The highest BCUT2D eigenvalue weighted by atomic mass is 32.2. The highest BCUT2D eigenvalue weighted by Gasteiger charge is 2.04. The quantitative estimate of drug-likeness (QED) is 0.755. The highest BCUT2D eigenvalue weighted by Crippen LogP contribution is 2.16. The first-order valence-corrected chi connectivity index (χ1v) is 5.91. The van der Waals surface area contributed by atoms with Crippen molar-refractivity contribution in [2.75, 3.05) is 5.75 Å². The van der Waals surface area contributed by atoms with Crippen LogP contribution in [-0.4, -0.2) is 16.6 Å². The molecule has 1 aromatic rings. The van der Waals surface area contributed by atoms with Crippen LogP contribution in [0.3, 0.4) is 0 Å². The fourth-order valence-corrected chi connectivity index (χ4v) is 2.12. The Morgan fingerprint density at radius 3 is 2.60 bits per heavy atom. The zero-order valence-corrected chi connectivity index (χ0v) is 9.74. The fraction of sp³-hybridized carbons (Fsp3) is 0.200. The van der Waals surface area contributed by atoms with Gasteiger partial charge in [-0.2, -0.15) is 0 Å². The number of hydrogen-bond donors (Lipinski definition) is 2. The van der Waals surface area contributed by atoms with E-state index >= 15 is 0 Å². The summed E-state index contributed by atoms with van der Waals surface area (Å²) in [5, 5.41) is 0. The smallest absolute Gasteiger partial charge is 0.227 e.